The number of anilines is 1. The zero-order valence-electron chi connectivity index (χ0n) is 10.1. The third-order valence-electron chi connectivity index (χ3n) is 3.42. The number of likely N-dealkylation sites (N-methyl/N-ethyl adjacent to an activating group) is 1. The Labute approximate surface area is 99.7 Å². The summed E-state index contributed by atoms with van der Waals surface area (Å²) in [6.07, 6.45) is 4.60. The number of fused-ring (bicyclic) bond motifs is 1. The van der Waals surface area contributed by atoms with Crippen molar-refractivity contribution in [3.63, 3.8) is 0 Å². The van der Waals surface area contributed by atoms with E-state index in [2.05, 4.69) is 32.3 Å². The fourth-order valence-corrected chi connectivity index (χ4v) is 2.37. The van der Waals surface area contributed by atoms with E-state index in [1.54, 1.807) is 11.0 Å². The van der Waals surface area contributed by atoms with Crippen LogP contribution in [-0.4, -0.2) is 45.9 Å². The highest BCUT2D eigenvalue weighted by Gasteiger charge is 2.22. The van der Waals surface area contributed by atoms with Gasteiger partial charge in [0.15, 0.2) is 5.65 Å². The molecule has 1 unspecified atom stereocenters. The van der Waals surface area contributed by atoms with Gasteiger partial charge in [0.1, 0.15) is 12.1 Å². The van der Waals surface area contributed by atoms with E-state index in [9.17, 15) is 0 Å². The first kappa shape index (κ1) is 10.5. The molecular formula is C11H16N6. The molecule has 1 saturated heterocycles. The molecule has 3 rings (SSSR count). The summed E-state index contributed by atoms with van der Waals surface area (Å²) >= 11 is 0. The molecule has 1 fully saturated rings. The second-order valence-electron chi connectivity index (χ2n) is 4.46. The maximum atomic E-state index is 4.40. The van der Waals surface area contributed by atoms with Crippen molar-refractivity contribution in [3.05, 3.63) is 12.5 Å². The van der Waals surface area contributed by atoms with Crippen LogP contribution in [0.5, 0.6) is 0 Å². The van der Waals surface area contributed by atoms with Crippen LogP contribution >= 0.6 is 0 Å². The van der Waals surface area contributed by atoms with E-state index in [4.69, 9.17) is 0 Å². The molecule has 1 N–H and O–H groups in total. The fourth-order valence-electron chi connectivity index (χ4n) is 2.37. The second-order valence-corrected chi connectivity index (χ2v) is 4.46. The van der Waals surface area contributed by atoms with Crippen LogP contribution in [0.2, 0.25) is 0 Å². The van der Waals surface area contributed by atoms with Gasteiger partial charge in [-0.15, -0.1) is 0 Å². The quantitative estimate of drug-likeness (QED) is 0.799. The van der Waals surface area contributed by atoms with Crippen LogP contribution in [0.1, 0.15) is 6.42 Å². The third kappa shape index (κ3) is 1.64. The molecular weight excluding hydrogens is 216 g/mol. The molecule has 0 radical (unpaired) electrons. The lowest BCUT2D eigenvalue weighted by molar-refractivity contribution is 0.679. The molecule has 0 aliphatic carbocycles. The van der Waals surface area contributed by atoms with Gasteiger partial charge >= 0.3 is 0 Å². The van der Waals surface area contributed by atoms with Gasteiger partial charge in [0, 0.05) is 26.7 Å². The van der Waals surface area contributed by atoms with Crippen molar-refractivity contribution >= 4 is 16.9 Å². The number of rotatable bonds is 2. The van der Waals surface area contributed by atoms with E-state index >= 15 is 0 Å². The van der Waals surface area contributed by atoms with E-state index in [1.165, 1.54) is 0 Å². The van der Waals surface area contributed by atoms with Crippen molar-refractivity contribution in [2.75, 3.05) is 25.0 Å². The molecule has 6 nitrogen and oxygen atoms in total. The third-order valence-corrected chi connectivity index (χ3v) is 3.42. The smallest absolute Gasteiger partial charge is 0.163 e. The second kappa shape index (κ2) is 3.96. The average Bonchev–Trinajstić information content (AvgIpc) is 2.98. The molecule has 90 valence electrons. The van der Waals surface area contributed by atoms with Gasteiger partial charge in [-0.3, -0.25) is 4.68 Å². The Kier molecular flexibility index (Phi) is 2.44. The largest absolute Gasteiger partial charge is 0.355 e. The van der Waals surface area contributed by atoms with E-state index in [-0.39, 0.29) is 0 Å². The minimum atomic E-state index is 0.508. The number of aryl methyl sites for hydroxylation is 1. The Balaban J connectivity index is 2.04. The molecule has 1 aliphatic rings. The highest BCUT2D eigenvalue weighted by Crippen LogP contribution is 2.23. The molecule has 0 amide bonds. The lowest BCUT2D eigenvalue weighted by Gasteiger charge is -2.24. The van der Waals surface area contributed by atoms with Gasteiger partial charge < -0.3 is 10.2 Å². The monoisotopic (exact) mass is 232 g/mol. The van der Waals surface area contributed by atoms with E-state index < -0.39 is 0 Å². The molecule has 1 aliphatic heterocycles. The van der Waals surface area contributed by atoms with Gasteiger partial charge in [-0.1, -0.05) is 0 Å². The van der Waals surface area contributed by atoms with Gasteiger partial charge in [0.2, 0.25) is 0 Å². The molecule has 0 spiro atoms. The van der Waals surface area contributed by atoms with Crippen LogP contribution in [-0.2, 0) is 7.05 Å². The number of nitrogens with zero attached hydrogens (tertiary/aromatic N) is 5. The van der Waals surface area contributed by atoms with Crippen LogP contribution in [0.25, 0.3) is 11.0 Å². The number of hydrogen-bond donors (Lipinski definition) is 1. The van der Waals surface area contributed by atoms with Crippen molar-refractivity contribution in [2.45, 2.75) is 12.5 Å². The summed E-state index contributed by atoms with van der Waals surface area (Å²) in [5, 5.41) is 8.63. The van der Waals surface area contributed by atoms with Crippen LogP contribution in [0, 0.1) is 0 Å². The Morgan fingerprint density at radius 2 is 2.35 bits per heavy atom. The molecule has 2 aromatic heterocycles. The lowest BCUT2D eigenvalue weighted by atomic mass is 10.2. The highest BCUT2D eigenvalue weighted by atomic mass is 15.3. The fraction of sp³-hybridized carbons (Fsp3) is 0.545. The van der Waals surface area contributed by atoms with Gasteiger partial charge in [-0.25, -0.2) is 9.97 Å². The first-order chi connectivity index (χ1) is 8.27. The van der Waals surface area contributed by atoms with Gasteiger partial charge in [-0.05, 0) is 13.0 Å². The number of nitrogens with one attached hydrogen (secondary N) is 1. The predicted molar refractivity (Wildman–Crippen MR) is 66.0 cm³/mol. The zero-order valence-corrected chi connectivity index (χ0v) is 10.1. The maximum Gasteiger partial charge on any atom is 0.163 e. The molecule has 0 bridgehead atoms. The number of aromatic nitrogens is 4. The minimum Gasteiger partial charge on any atom is -0.355 e. The summed E-state index contributed by atoms with van der Waals surface area (Å²) in [5.41, 5.74) is 0.882. The molecule has 0 aromatic carbocycles. The lowest BCUT2D eigenvalue weighted by Crippen LogP contribution is -2.34. The topological polar surface area (TPSA) is 58.9 Å². The molecule has 17 heavy (non-hydrogen) atoms. The first-order valence-electron chi connectivity index (χ1n) is 5.83. The van der Waals surface area contributed by atoms with Crippen molar-refractivity contribution < 1.29 is 0 Å². The van der Waals surface area contributed by atoms with Crippen molar-refractivity contribution in [1.29, 1.82) is 0 Å². The van der Waals surface area contributed by atoms with E-state index in [0.29, 0.717) is 6.04 Å². The summed E-state index contributed by atoms with van der Waals surface area (Å²) in [6.45, 7) is 2.10. The Bertz CT molecular complexity index is 528. The van der Waals surface area contributed by atoms with Crippen molar-refractivity contribution in [1.82, 2.24) is 25.1 Å². The Hall–Kier alpha value is -1.69. The van der Waals surface area contributed by atoms with Crippen LogP contribution in [0.15, 0.2) is 12.5 Å². The molecule has 2 aromatic rings. The Morgan fingerprint density at radius 3 is 3.12 bits per heavy atom. The van der Waals surface area contributed by atoms with Crippen LogP contribution in [0.4, 0.5) is 5.82 Å². The maximum absolute atomic E-state index is 4.40. The summed E-state index contributed by atoms with van der Waals surface area (Å²) < 4.78 is 1.78. The molecule has 1 atom stereocenters. The first-order valence-corrected chi connectivity index (χ1v) is 5.83. The molecule has 6 heteroatoms. The summed E-state index contributed by atoms with van der Waals surface area (Å²) in [4.78, 5) is 10.9. The standard InChI is InChI=1S/C11H16N6/c1-16(8-3-4-12-5-8)10-9-6-15-17(2)11(9)14-7-13-10/h6-8,12H,3-5H2,1-2H3. The highest BCUT2D eigenvalue weighted by molar-refractivity contribution is 5.86. The Morgan fingerprint density at radius 1 is 1.47 bits per heavy atom. The van der Waals surface area contributed by atoms with Crippen LogP contribution in [0.3, 0.4) is 0 Å². The van der Waals surface area contributed by atoms with E-state index in [0.717, 1.165) is 36.4 Å². The van der Waals surface area contributed by atoms with Gasteiger partial charge in [0.05, 0.1) is 11.6 Å². The van der Waals surface area contributed by atoms with Gasteiger partial charge in [0.25, 0.3) is 0 Å². The minimum absolute atomic E-state index is 0.508. The molecule has 3 heterocycles. The van der Waals surface area contributed by atoms with E-state index in [1.807, 2.05) is 13.2 Å². The molecule has 0 saturated carbocycles. The summed E-state index contributed by atoms with van der Waals surface area (Å²) in [5.74, 6) is 0.969. The SMILES string of the molecule is CN(c1ncnc2c1cnn2C)C1CCNC1. The van der Waals surface area contributed by atoms with Crippen molar-refractivity contribution in [2.24, 2.45) is 7.05 Å². The van der Waals surface area contributed by atoms with Crippen LogP contribution < -0.4 is 10.2 Å². The summed E-state index contributed by atoms with van der Waals surface area (Å²) in [7, 11) is 3.99. The zero-order chi connectivity index (χ0) is 11.8. The average molecular weight is 232 g/mol. The summed E-state index contributed by atoms with van der Waals surface area (Å²) in [6, 6.07) is 0.508. The van der Waals surface area contributed by atoms with Gasteiger partial charge in [-0.2, -0.15) is 5.10 Å². The number of hydrogen-bond acceptors (Lipinski definition) is 5. The predicted octanol–water partition coefficient (Wildman–Crippen LogP) is 0.161. The van der Waals surface area contributed by atoms with Crippen molar-refractivity contribution in [3.8, 4) is 0 Å². The normalized spacial score (nSPS) is 20.0.